The first-order valence-electron chi connectivity index (χ1n) is 6.42. The van der Waals surface area contributed by atoms with Crippen LogP contribution in [0.1, 0.15) is 44.0 Å². The molecule has 0 spiro atoms. The summed E-state index contributed by atoms with van der Waals surface area (Å²) in [7, 11) is 1.58. The molecule has 0 aliphatic heterocycles. The van der Waals surface area contributed by atoms with Crippen LogP contribution in [0.15, 0.2) is 24.3 Å². The zero-order chi connectivity index (χ0) is 13.5. The number of rotatable bonds is 7. The van der Waals surface area contributed by atoms with Gasteiger partial charge in [0.1, 0.15) is 11.9 Å². The van der Waals surface area contributed by atoms with E-state index in [1.807, 2.05) is 32.9 Å². The summed E-state index contributed by atoms with van der Waals surface area (Å²) in [6.45, 7) is 5.96. The molecule has 0 amide bonds. The van der Waals surface area contributed by atoms with Gasteiger partial charge in [0.2, 0.25) is 0 Å². The molecule has 3 nitrogen and oxygen atoms in total. The first kappa shape index (κ1) is 14.7. The summed E-state index contributed by atoms with van der Waals surface area (Å²) in [4.78, 5) is 12.2. The molecule has 0 radical (unpaired) electrons. The third-order valence-corrected chi connectivity index (χ3v) is 2.62. The minimum absolute atomic E-state index is 0.0218. The molecule has 0 aromatic heterocycles. The Kier molecular flexibility index (Phi) is 5.86. The summed E-state index contributed by atoms with van der Waals surface area (Å²) < 4.78 is 10.8. The van der Waals surface area contributed by atoms with Crippen LogP contribution in [0.5, 0.6) is 5.75 Å². The van der Waals surface area contributed by atoms with Gasteiger partial charge in [-0.1, -0.05) is 25.5 Å². The van der Waals surface area contributed by atoms with E-state index >= 15 is 0 Å². The van der Waals surface area contributed by atoms with Crippen LogP contribution in [-0.4, -0.2) is 25.1 Å². The Balaban J connectivity index is 2.84. The molecule has 1 aromatic carbocycles. The van der Waals surface area contributed by atoms with E-state index in [2.05, 4.69) is 0 Å². The number of carbonyl (C=O) groups is 1. The zero-order valence-electron chi connectivity index (χ0n) is 11.6. The Labute approximate surface area is 109 Å². The van der Waals surface area contributed by atoms with Gasteiger partial charge in [-0.2, -0.15) is 0 Å². The van der Waals surface area contributed by atoms with Gasteiger partial charge in [0.15, 0.2) is 5.78 Å². The number of Topliss-reactive ketones (excluding diaryl/α,β-unsaturated/α-hetero) is 1. The second kappa shape index (κ2) is 7.17. The standard InChI is InChI=1S/C15H22O3/c1-5-7-14(17-4)15(16)12-8-6-9-13(10-12)18-11(2)3/h6,8-11,14H,5,7H2,1-4H3. The van der Waals surface area contributed by atoms with Gasteiger partial charge < -0.3 is 9.47 Å². The van der Waals surface area contributed by atoms with E-state index in [0.717, 1.165) is 18.6 Å². The third-order valence-electron chi connectivity index (χ3n) is 2.62. The minimum atomic E-state index is -0.357. The quantitative estimate of drug-likeness (QED) is 0.695. The molecule has 0 saturated carbocycles. The van der Waals surface area contributed by atoms with Crippen LogP contribution in [0.2, 0.25) is 0 Å². The van der Waals surface area contributed by atoms with E-state index in [1.165, 1.54) is 0 Å². The normalized spacial score (nSPS) is 12.5. The first-order valence-corrected chi connectivity index (χ1v) is 6.42. The van der Waals surface area contributed by atoms with Crippen LogP contribution in [-0.2, 0) is 4.74 Å². The van der Waals surface area contributed by atoms with E-state index in [0.29, 0.717) is 5.56 Å². The van der Waals surface area contributed by atoms with E-state index in [4.69, 9.17) is 9.47 Å². The molecule has 100 valence electrons. The van der Waals surface area contributed by atoms with Gasteiger partial charge in [0, 0.05) is 12.7 Å². The van der Waals surface area contributed by atoms with Gasteiger partial charge in [-0.15, -0.1) is 0 Å². The smallest absolute Gasteiger partial charge is 0.191 e. The number of hydrogen-bond acceptors (Lipinski definition) is 3. The lowest BCUT2D eigenvalue weighted by molar-refractivity contribution is 0.0578. The lowest BCUT2D eigenvalue weighted by Gasteiger charge is -2.14. The van der Waals surface area contributed by atoms with E-state index in [9.17, 15) is 4.79 Å². The van der Waals surface area contributed by atoms with Gasteiger partial charge >= 0.3 is 0 Å². The molecule has 1 aromatic rings. The Morgan fingerprint density at radius 2 is 2.06 bits per heavy atom. The maximum absolute atomic E-state index is 12.2. The van der Waals surface area contributed by atoms with Gasteiger partial charge in [0.05, 0.1) is 6.10 Å². The number of hydrogen-bond donors (Lipinski definition) is 0. The average Bonchev–Trinajstić information content (AvgIpc) is 2.34. The molecule has 0 heterocycles. The fourth-order valence-electron chi connectivity index (χ4n) is 1.80. The van der Waals surface area contributed by atoms with Crippen molar-refractivity contribution in [2.45, 2.75) is 45.8 Å². The summed E-state index contributed by atoms with van der Waals surface area (Å²) in [5.74, 6) is 0.746. The monoisotopic (exact) mass is 250 g/mol. The van der Waals surface area contributed by atoms with Gasteiger partial charge in [0.25, 0.3) is 0 Å². The molecule has 1 atom stereocenters. The Bertz CT molecular complexity index is 385. The number of ether oxygens (including phenoxy) is 2. The Hall–Kier alpha value is -1.35. The van der Waals surface area contributed by atoms with Crippen LogP contribution >= 0.6 is 0 Å². The second-order valence-electron chi connectivity index (χ2n) is 4.57. The predicted molar refractivity (Wildman–Crippen MR) is 72.2 cm³/mol. The predicted octanol–water partition coefficient (Wildman–Crippen LogP) is 3.47. The second-order valence-corrected chi connectivity index (χ2v) is 4.57. The fourth-order valence-corrected chi connectivity index (χ4v) is 1.80. The molecule has 0 fully saturated rings. The molecule has 0 aliphatic carbocycles. The van der Waals surface area contributed by atoms with E-state index in [1.54, 1.807) is 19.2 Å². The largest absolute Gasteiger partial charge is 0.491 e. The van der Waals surface area contributed by atoms with Crippen molar-refractivity contribution in [1.82, 2.24) is 0 Å². The molecule has 0 aliphatic rings. The molecular formula is C15H22O3. The summed E-state index contributed by atoms with van der Waals surface area (Å²) in [6.07, 6.45) is 1.41. The lowest BCUT2D eigenvalue weighted by Crippen LogP contribution is -2.22. The summed E-state index contributed by atoms with van der Waals surface area (Å²) in [5, 5.41) is 0. The first-order chi connectivity index (χ1) is 8.58. The number of ketones is 1. The molecule has 3 heteroatoms. The SMILES string of the molecule is CCCC(OC)C(=O)c1cccc(OC(C)C)c1. The van der Waals surface area contributed by atoms with Crippen molar-refractivity contribution < 1.29 is 14.3 Å². The molecule has 1 unspecified atom stereocenters. The van der Waals surface area contributed by atoms with Crippen molar-refractivity contribution in [3.63, 3.8) is 0 Å². The molecule has 1 rings (SSSR count). The number of methoxy groups -OCH3 is 1. The lowest BCUT2D eigenvalue weighted by atomic mass is 10.0. The highest BCUT2D eigenvalue weighted by Gasteiger charge is 2.19. The zero-order valence-corrected chi connectivity index (χ0v) is 11.6. The molecule has 0 bridgehead atoms. The van der Waals surface area contributed by atoms with E-state index < -0.39 is 0 Å². The van der Waals surface area contributed by atoms with Crippen LogP contribution in [0, 0.1) is 0 Å². The highest BCUT2D eigenvalue weighted by Crippen LogP contribution is 2.18. The summed E-state index contributed by atoms with van der Waals surface area (Å²) in [5.41, 5.74) is 0.647. The minimum Gasteiger partial charge on any atom is -0.491 e. The van der Waals surface area contributed by atoms with Crippen LogP contribution in [0.3, 0.4) is 0 Å². The van der Waals surface area contributed by atoms with Gasteiger partial charge in [-0.05, 0) is 32.4 Å². The fraction of sp³-hybridized carbons (Fsp3) is 0.533. The summed E-state index contributed by atoms with van der Waals surface area (Å²) >= 11 is 0. The van der Waals surface area contributed by atoms with Crippen molar-refractivity contribution >= 4 is 5.78 Å². The van der Waals surface area contributed by atoms with E-state index in [-0.39, 0.29) is 18.0 Å². The highest BCUT2D eigenvalue weighted by atomic mass is 16.5. The van der Waals surface area contributed by atoms with Gasteiger partial charge in [-0.25, -0.2) is 0 Å². The van der Waals surface area contributed by atoms with Crippen LogP contribution < -0.4 is 4.74 Å². The van der Waals surface area contributed by atoms with Gasteiger partial charge in [-0.3, -0.25) is 4.79 Å². The van der Waals surface area contributed by atoms with Crippen LogP contribution in [0.25, 0.3) is 0 Å². The molecular weight excluding hydrogens is 228 g/mol. The van der Waals surface area contributed by atoms with Crippen molar-refractivity contribution in [1.29, 1.82) is 0 Å². The maximum atomic E-state index is 12.2. The third kappa shape index (κ3) is 4.15. The molecule has 18 heavy (non-hydrogen) atoms. The summed E-state index contributed by atoms with van der Waals surface area (Å²) in [6, 6.07) is 7.28. The maximum Gasteiger partial charge on any atom is 0.191 e. The number of carbonyl (C=O) groups excluding carboxylic acids is 1. The molecule has 0 N–H and O–H groups in total. The molecule has 0 saturated heterocycles. The Morgan fingerprint density at radius 3 is 2.61 bits per heavy atom. The van der Waals surface area contributed by atoms with Crippen molar-refractivity contribution in [2.24, 2.45) is 0 Å². The average molecular weight is 250 g/mol. The van der Waals surface area contributed by atoms with Crippen molar-refractivity contribution in [3.8, 4) is 5.75 Å². The Morgan fingerprint density at radius 1 is 1.33 bits per heavy atom. The van der Waals surface area contributed by atoms with Crippen molar-refractivity contribution in [3.05, 3.63) is 29.8 Å². The van der Waals surface area contributed by atoms with Crippen LogP contribution in [0.4, 0.5) is 0 Å². The highest BCUT2D eigenvalue weighted by molar-refractivity contribution is 5.99. The number of benzene rings is 1. The topological polar surface area (TPSA) is 35.5 Å². The van der Waals surface area contributed by atoms with Crippen molar-refractivity contribution in [2.75, 3.05) is 7.11 Å².